The van der Waals surface area contributed by atoms with Gasteiger partial charge in [0.2, 0.25) is 5.91 Å². The second kappa shape index (κ2) is 13.6. The highest BCUT2D eigenvalue weighted by atomic mass is 35.5. The lowest BCUT2D eigenvalue weighted by Crippen LogP contribution is -2.24. The van der Waals surface area contributed by atoms with E-state index in [0.29, 0.717) is 27.2 Å². The third kappa shape index (κ3) is 7.29. The van der Waals surface area contributed by atoms with Crippen LogP contribution in [0.3, 0.4) is 0 Å². The molecule has 0 saturated carbocycles. The maximum atomic E-state index is 13.1. The Hall–Kier alpha value is -2.50. The lowest BCUT2D eigenvalue weighted by atomic mass is 10.1. The number of thioether (sulfide) groups is 1. The molecule has 3 aromatic carbocycles. The molecule has 1 aromatic heterocycles. The van der Waals surface area contributed by atoms with Crippen molar-refractivity contribution < 1.29 is 19.5 Å². The number of aromatic carboxylic acids is 1. The fourth-order valence-corrected chi connectivity index (χ4v) is 6.52. The Labute approximate surface area is 268 Å². The fraction of sp³-hybridized carbons (Fsp3) is 0.111. The molecule has 2 amide bonds. The molecule has 0 radical (unpaired) electrons. The molecule has 0 aliphatic carbocycles. The van der Waals surface area contributed by atoms with E-state index in [1.165, 1.54) is 23.1 Å². The Balaban J connectivity index is 1.48. The van der Waals surface area contributed by atoms with Crippen LogP contribution in [0.15, 0.2) is 58.8 Å². The van der Waals surface area contributed by atoms with Crippen molar-refractivity contribution in [3.63, 3.8) is 0 Å². The summed E-state index contributed by atoms with van der Waals surface area (Å²) in [7, 11) is 0. The number of carbonyl (C=O) groups excluding carboxylic acids is 2. The van der Waals surface area contributed by atoms with Crippen molar-refractivity contribution in [2.75, 3.05) is 10.6 Å². The first-order valence-corrected chi connectivity index (χ1v) is 15.3. The van der Waals surface area contributed by atoms with Gasteiger partial charge in [-0.3, -0.25) is 9.59 Å². The Morgan fingerprint density at radius 3 is 2.22 bits per heavy atom. The van der Waals surface area contributed by atoms with Gasteiger partial charge in [0.05, 0.1) is 42.2 Å². The van der Waals surface area contributed by atoms with Gasteiger partial charge in [0.25, 0.3) is 5.91 Å². The molecule has 4 aromatic rings. The summed E-state index contributed by atoms with van der Waals surface area (Å²) >= 11 is 32.8. The molecule has 0 bridgehead atoms. The van der Waals surface area contributed by atoms with Gasteiger partial charge in [-0.15, -0.1) is 23.1 Å². The molecular formula is C27H18Cl5N3O4S2. The summed E-state index contributed by atoms with van der Waals surface area (Å²) in [6.45, 7) is 1.88. The number of hydrogen-bond donors (Lipinski definition) is 3. The zero-order chi connectivity index (χ0) is 29.8. The van der Waals surface area contributed by atoms with Crippen LogP contribution in [0, 0.1) is 0 Å². The van der Waals surface area contributed by atoms with Crippen molar-refractivity contribution >= 4 is 110 Å². The van der Waals surface area contributed by atoms with Crippen molar-refractivity contribution in [2.24, 2.45) is 0 Å². The van der Waals surface area contributed by atoms with E-state index in [0.717, 1.165) is 11.3 Å². The summed E-state index contributed by atoms with van der Waals surface area (Å²) in [4.78, 5) is 43.2. The van der Waals surface area contributed by atoms with Crippen LogP contribution in [-0.2, 0) is 4.79 Å². The first-order valence-electron chi connectivity index (χ1n) is 11.7. The Morgan fingerprint density at radius 1 is 0.927 bits per heavy atom. The molecule has 41 heavy (non-hydrogen) atoms. The summed E-state index contributed by atoms with van der Waals surface area (Å²) in [5, 5.41) is 16.3. The third-order valence-corrected chi connectivity index (χ3v) is 9.79. The van der Waals surface area contributed by atoms with E-state index in [1.54, 1.807) is 36.4 Å². The van der Waals surface area contributed by atoms with E-state index in [4.69, 9.17) is 58.0 Å². The number of carbonyl (C=O) groups is 3. The van der Waals surface area contributed by atoms with Crippen molar-refractivity contribution in [1.82, 2.24) is 4.98 Å². The number of anilines is 2. The number of carboxylic acid groups (broad SMARTS) is 1. The van der Waals surface area contributed by atoms with E-state index in [-0.39, 0.29) is 21.0 Å². The minimum atomic E-state index is -1.50. The molecule has 0 fully saturated rings. The Kier molecular flexibility index (Phi) is 10.5. The van der Waals surface area contributed by atoms with E-state index in [2.05, 4.69) is 15.6 Å². The number of halogens is 5. The summed E-state index contributed by atoms with van der Waals surface area (Å²) in [5.74, 6) is -2.57. The van der Waals surface area contributed by atoms with Crippen molar-refractivity contribution in [3.05, 3.63) is 90.2 Å². The van der Waals surface area contributed by atoms with Gasteiger partial charge in [-0.2, -0.15) is 0 Å². The van der Waals surface area contributed by atoms with E-state index >= 15 is 0 Å². The van der Waals surface area contributed by atoms with Gasteiger partial charge in [-0.25, -0.2) is 9.78 Å². The molecule has 0 aliphatic heterocycles. The quantitative estimate of drug-likeness (QED) is 0.0918. The predicted octanol–water partition coefficient (Wildman–Crippen LogP) is 9.54. The number of aromatic nitrogens is 1. The minimum absolute atomic E-state index is 0.229. The van der Waals surface area contributed by atoms with Crippen molar-refractivity contribution in [2.45, 2.75) is 23.5 Å². The number of nitrogens with zero attached hydrogens (tertiary/aromatic N) is 1. The molecule has 0 aliphatic rings. The zero-order valence-electron chi connectivity index (χ0n) is 20.8. The molecule has 1 atom stereocenters. The van der Waals surface area contributed by atoms with Gasteiger partial charge in [0.15, 0.2) is 5.13 Å². The first-order chi connectivity index (χ1) is 19.5. The molecule has 212 valence electrons. The zero-order valence-corrected chi connectivity index (χ0v) is 26.2. The summed E-state index contributed by atoms with van der Waals surface area (Å²) in [6.07, 6.45) is 0.516. The number of nitrogens with one attached hydrogen (secondary N) is 2. The molecule has 4 rings (SSSR count). The van der Waals surface area contributed by atoms with Crippen molar-refractivity contribution in [1.29, 1.82) is 0 Å². The smallest absolute Gasteiger partial charge is 0.338 e. The van der Waals surface area contributed by atoms with Crippen LogP contribution in [0.2, 0.25) is 25.1 Å². The van der Waals surface area contributed by atoms with Gasteiger partial charge in [0, 0.05) is 26.5 Å². The fourth-order valence-electron chi connectivity index (χ4n) is 3.64. The van der Waals surface area contributed by atoms with Crippen LogP contribution in [0.1, 0.15) is 34.1 Å². The molecule has 3 N–H and O–H groups in total. The standard InChI is InChI=1S/C27H18Cl5N3O4S2/c1-2-17(24(36)35-27-34-16(11-40-27)12-6-8-13(28)9-7-12)41-15-5-3-4-14(10-15)33-25(37)18-19(26(38)39)21(30)23(32)22(31)20(18)29/h3-11,17H,2H2,1H3,(H,33,37)(H,38,39)(H,34,35,36). The predicted molar refractivity (Wildman–Crippen MR) is 169 cm³/mol. The SMILES string of the molecule is CCC(Sc1cccc(NC(=O)c2c(Cl)c(Cl)c(Cl)c(Cl)c2C(=O)O)c1)C(=O)Nc1nc(-c2ccc(Cl)cc2)cs1. The average molecular weight is 690 g/mol. The van der Waals surface area contributed by atoms with Crippen LogP contribution in [-0.4, -0.2) is 33.1 Å². The van der Waals surface area contributed by atoms with Gasteiger partial charge in [-0.05, 0) is 36.8 Å². The van der Waals surface area contributed by atoms with Crippen LogP contribution < -0.4 is 10.6 Å². The van der Waals surface area contributed by atoms with E-state index in [1.807, 2.05) is 24.4 Å². The first kappa shape index (κ1) is 31.4. The van der Waals surface area contributed by atoms with Crippen LogP contribution in [0.25, 0.3) is 11.3 Å². The summed E-state index contributed by atoms with van der Waals surface area (Å²) in [5.41, 5.74) is 0.936. The second-order valence-electron chi connectivity index (χ2n) is 8.34. The molecule has 7 nitrogen and oxygen atoms in total. The number of thiazole rings is 1. The number of hydrogen-bond acceptors (Lipinski definition) is 6. The molecule has 0 spiro atoms. The molecule has 1 unspecified atom stereocenters. The number of carboxylic acids is 1. The van der Waals surface area contributed by atoms with Crippen LogP contribution in [0.5, 0.6) is 0 Å². The second-order valence-corrected chi connectivity index (χ2v) is 12.4. The molecule has 1 heterocycles. The van der Waals surface area contributed by atoms with Gasteiger partial charge in [-0.1, -0.05) is 83.1 Å². The highest BCUT2D eigenvalue weighted by molar-refractivity contribution is 8.00. The molecular weight excluding hydrogens is 672 g/mol. The third-order valence-electron chi connectivity index (χ3n) is 5.62. The molecule has 14 heteroatoms. The topological polar surface area (TPSA) is 108 Å². The average Bonchev–Trinajstić information content (AvgIpc) is 3.40. The number of benzene rings is 3. The van der Waals surface area contributed by atoms with Gasteiger partial charge in [0.1, 0.15) is 0 Å². The normalized spacial score (nSPS) is 11.7. The molecule has 0 saturated heterocycles. The number of amides is 2. The lowest BCUT2D eigenvalue weighted by molar-refractivity contribution is -0.115. The maximum Gasteiger partial charge on any atom is 0.338 e. The summed E-state index contributed by atoms with van der Waals surface area (Å²) in [6, 6.07) is 14.0. The monoisotopic (exact) mass is 687 g/mol. The minimum Gasteiger partial charge on any atom is -0.478 e. The summed E-state index contributed by atoms with van der Waals surface area (Å²) < 4.78 is 0. The van der Waals surface area contributed by atoms with Crippen LogP contribution >= 0.6 is 81.1 Å². The van der Waals surface area contributed by atoms with Crippen molar-refractivity contribution in [3.8, 4) is 11.3 Å². The number of rotatable bonds is 9. The maximum absolute atomic E-state index is 13.1. The Bertz CT molecular complexity index is 1650. The Morgan fingerprint density at radius 2 is 1.59 bits per heavy atom. The van der Waals surface area contributed by atoms with Crippen LogP contribution in [0.4, 0.5) is 10.8 Å². The lowest BCUT2D eigenvalue weighted by Gasteiger charge is -2.16. The van der Waals surface area contributed by atoms with E-state index in [9.17, 15) is 19.5 Å². The highest BCUT2D eigenvalue weighted by Gasteiger charge is 2.29. The highest BCUT2D eigenvalue weighted by Crippen LogP contribution is 2.42. The largest absolute Gasteiger partial charge is 0.478 e. The van der Waals surface area contributed by atoms with Gasteiger partial charge < -0.3 is 15.7 Å². The van der Waals surface area contributed by atoms with Gasteiger partial charge >= 0.3 is 5.97 Å². The van der Waals surface area contributed by atoms with E-state index < -0.39 is 33.3 Å².